The van der Waals surface area contributed by atoms with Gasteiger partial charge in [0.05, 0.1) is 10.0 Å². The third-order valence-electron chi connectivity index (χ3n) is 4.88. The maximum Gasteiger partial charge on any atom is 0.244 e. The number of nitrogens with zero attached hydrogens (tertiary/aromatic N) is 5. The molecule has 156 valence electrons. The van der Waals surface area contributed by atoms with Gasteiger partial charge in [0, 0.05) is 55.9 Å². The molecule has 1 aliphatic heterocycles. The second kappa shape index (κ2) is 8.47. The van der Waals surface area contributed by atoms with E-state index in [2.05, 4.69) is 19.9 Å². The SMILES string of the molecule is Cc1cc(N2CCN(S(=O)(=O)c3cccc(Cl)c3Cl)CC2)nc(-c2ccncc2)n1. The van der Waals surface area contributed by atoms with Crippen molar-refractivity contribution in [1.29, 1.82) is 0 Å². The smallest absolute Gasteiger partial charge is 0.244 e. The average Bonchev–Trinajstić information content (AvgIpc) is 2.76. The molecule has 2 aromatic heterocycles. The third kappa shape index (κ3) is 4.13. The monoisotopic (exact) mass is 463 g/mol. The van der Waals surface area contributed by atoms with Crippen molar-refractivity contribution in [1.82, 2.24) is 19.3 Å². The van der Waals surface area contributed by atoms with Crippen LogP contribution in [-0.4, -0.2) is 53.9 Å². The molecule has 0 aliphatic carbocycles. The molecular formula is C20H19Cl2N5O2S. The van der Waals surface area contributed by atoms with Crippen molar-refractivity contribution in [3.05, 3.63) is 64.5 Å². The van der Waals surface area contributed by atoms with Crippen LogP contribution in [0.4, 0.5) is 5.82 Å². The standard InChI is InChI=1S/C20H19Cl2N5O2S/c1-14-13-18(25-20(24-14)15-5-7-23-8-6-15)26-9-11-27(12-10-26)30(28,29)17-4-2-3-16(21)19(17)22/h2-8,13H,9-12H2,1H3. The van der Waals surface area contributed by atoms with Gasteiger partial charge in [-0.2, -0.15) is 4.31 Å². The highest BCUT2D eigenvalue weighted by Crippen LogP contribution is 2.31. The number of hydrogen-bond donors (Lipinski definition) is 0. The number of halogens is 2. The summed E-state index contributed by atoms with van der Waals surface area (Å²) >= 11 is 12.1. The zero-order valence-corrected chi connectivity index (χ0v) is 18.5. The minimum Gasteiger partial charge on any atom is -0.354 e. The molecule has 30 heavy (non-hydrogen) atoms. The van der Waals surface area contributed by atoms with Crippen molar-refractivity contribution >= 4 is 39.0 Å². The Bertz CT molecular complexity index is 1170. The number of benzene rings is 1. The van der Waals surface area contributed by atoms with Gasteiger partial charge in [0.15, 0.2) is 5.82 Å². The summed E-state index contributed by atoms with van der Waals surface area (Å²) in [5.74, 6) is 1.39. The summed E-state index contributed by atoms with van der Waals surface area (Å²) < 4.78 is 27.5. The lowest BCUT2D eigenvalue weighted by molar-refractivity contribution is 0.384. The number of aromatic nitrogens is 3. The minimum absolute atomic E-state index is 0.0305. The molecule has 1 saturated heterocycles. The number of sulfonamides is 1. The summed E-state index contributed by atoms with van der Waals surface area (Å²) in [6.45, 7) is 3.56. The predicted octanol–water partition coefficient (Wildman–Crippen LogP) is 3.66. The van der Waals surface area contributed by atoms with Gasteiger partial charge in [0.2, 0.25) is 10.0 Å². The number of piperazine rings is 1. The van der Waals surface area contributed by atoms with Crippen LogP contribution in [0.1, 0.15) is 5.69 Å². The fourth-order valence-electron chi connectivity index (χ4n) is 3.32. The Labute approximate surface area is 185 Å². The van der Waals surface area contributed by atoms with Crippen LogP contribution >= 0.6 is 23.2 Å². The summed E-state index contributed by atoms with van der Waals surface area (Å²) in [6.07, 6.45) is 3.40. The molecule has 4 rings (SSSR count). The maximum atomic E-state index is 13.0. The zero-order chi connectivity index (χ0) is 21.3. The fraction of sp³-hybridized carbons (Fsp3) is 0.250. The summed E-state index contributed by atoms with van der Waals surface area (Å²) in [4.78, 5) is 15.3. The third-order valence-corrected chi connectivity index (χ3v) is 7.75. The van der Waals surface area contributed by atoms with Gasteiger partial charge >= 0.3 is 0 Å². The topological polar surface area (TPSA) is 79.3 Å². The second-order valence-electron chi connectivity index (χ2n) is 6.87. The highest BCUT2D eigenvalue weighted by Gasteiger charge is 2.31. The van der Waals surface area contributed by atoms with E-state index in [4.69, 9.17) is 23.2 Å². The number of rotatable bonds is 4. The van der Waals surface area contributed by atoms with Crippen LogP contribution in [0.5, 0.6) is 0 Å². The van der Waals surface area contributed by atoms with Crippen molar-refractivity contribution in [2.75, 3.05) is 31.1 Å². The van der Waals surface area contributed by atoms with Crippen LogP contribution < -0.4 is 4.90 Å². The highest BCUT2D eigenvalue weighted by molar-refractivity contribution is 7.89. The van der Waals surface area contributed by atoms with E-state index in [1.54, 1.807) is 24.5 Å². The van der Waals surface area contributed by atoms with Gasteiger partial charge in [-0.3, -0.25) is 4.98 Å². The molecule has 1 fully saturated rings. The number of aryl methyl sites for hydroxylation is 1. The van der Waals surface area contributed by atoms with Gasteiger partial charge in [-0.15, -0.1) is 0 Å². The van der Waals surface area contributed by atoms with Gasteiger partial charge in [0.25, 0.3) is 0 Å². The lowest BCUT2D eigenvalue weighted by Crippen LogP contribution is -2.49. The minimum atomic E-state index is -3.73. The largest absolute Gasteiger partial charge is 0.354 e. The van der Waals surface area contributed by atoms with E-state index < -0.39 is 10.0 Å². The van der Waals surface area contributed by atoms with Crippen LogP contribution in [-0.2, 0) is 10.0 Å². The van der Waals surface area contributed by atoms with Crippen molar-refractivity contribution in [2.24, 2.45) is 0 Å². The zero-order valence-electron chi connectivity index (χ0n) is 16.2. The van der Waals surface area contributed by atoms with Gasteiger partial charge < -0.3 is 4.90 Å². The molecule has 10 heteroatoms. The van der Waals surface area contributed by atoms with Crippen LogP contribution in [0, 0.1) is 6.92 Å². The fourth-order valence-corrected chi connectivity index (χ4v) is 5.48. The summed E-state index contributed by atoms with van der Waals surface area (Å²) in [5.41, 5.74) is 1.72. The molecular weight excluding hydrogens is 445 g/mol. The lowest BCUT2D eigenvalue weighted by Gasteiger charge is -2.35. The molecule has 1 aromatic carbocycles. The van der Waals surface area contributed by atoms with Gasteiger partial charge in [-0.1, -0.05) is 29.3 Å². The van der Waals surface area contributed by atoms with E-state index in [1.807, 2.05) is 25.1 Å². The molecule has 0 amide bonds. The molecule has 3 heterocycles. The summed E-state index contributed by atoms with van der Waals surface area (Å²) in [7, 11) is -3.73. The van der Waals surface area contributed by atoms with E-state index in [1.165, 1.54) is 10.4 Å². The number of pyridine rings is 1. The maximum absolute atomic E-state index is 13.0. The Morgan fingerprint density at radius 2 is 1.67 bits per heavy atom. The Kier molecular flexibility index (Phi) is 5.92. The quantitative estimate of drug-likeness (QED) is 0.587. The Hall–Kier alpha value is -2.26. The van der Waals surface area contributed by atoms with Crippen molar-refractivity contribution < 1.29 is 8.42 Å². The van der Waals surface area contributed by atoms with E-state index >= 15 is 0 Å². The lowest BCUT2D eigenvalue weighted by atomic mass is 10.2. The first-order valence-electron chi connectivity index (χ1n) is 9.31. The van der Waals surface area contributed by atoms with E-state index in [-0.39, 0.29) is 14.9 Å². The molecule has 0 spiro atoms. The average molecular weight is 464 g/mol. The van der Waals surface area contributed by atoms with Crippen LogP contribution in [0.25, 0.3) is 11.4 Å². The molecule has 1 aliphatic rings. The van der Waals surface area contributed by atoms with Gasteiger partial charge in [-0.25, -0.2) is 18.4 Å². The highest BCUT2D eigenvalue weighted by atomic mass is 35.5. The van der Waals surface area contributed by atoms with Crippen molar-refractivity contribution in [3.8, 4) is 11.4 Å². The predicted molar refractivity (Wildman–Crippen MR) is 117 cm³/mol. The normalized spacial score (nSPS) is 15.4. The van der Waals surface area contributed by atoms with Gasteiger partial charge in [-0.05, 0) is 31.2 Å². The van der Waals surface area contributed by atoms with Crippen LogP contribution in [0.15, 0.2) is 53.7 Å². The van der Waals surface area contributed by atoms with Crippen molar-refractivity contribution in [2.45, 2.75) is 11.8 Å². The van der Waals surface area contributed by atoms with Gasteiger partial charge in [0.1, 0.15) is 10.7 Å². The Morgan fingerprint density at radius 1 is 0.967 bits per heavy atom. The molecule has 7 nitrogen and oxygen atoms in total. The number of hydrogen-bond acceptors (Lipinski definition) is 6. The molecule has 0 saturated carbocycles. The van der Waals surface area contributed by atoms with E-state index in [0.29, 0.717) is 32.0 Å². The molecule has 0 unspecified atom stereocenters. The Balaban J connectivity index is 1.54. The number of anilines is 1. The van der Waals surface area contributed by atoms with Crippen molar-refractivity contribution in [3.63, 3.8) is 0 Å². The molecule has 0 atom stereocenters. The summed E-state index contributed by atoms with van der Waals surface area (Å²) in [6, 6.07) is 10.3. The second-order valence-corrected chi connectivity index (χ2v) is 9.56. The molecule has 3 aromatic rings. The van der Waals surface area contributed by atoms with Crippen LogP contribution in [0.2, 0.25) is 10.0 Å². The first kappa shape index (κ1) is 21.0. The molecule has 0 bridgehead atoms. The molecule has 0 N–H and O–H groups in total. The Morgan fingerprint density at radius 3 is 2.37 bits per heavy atom. The first-order valence-corrected chi connectivity index (χ1v) is 11.5. The van der Waals surface area contributed by atoms with E-state index in [0.717, 1.165) is 17.1 Å². The first-order chi connectivity index (χ1) is 14.4. The van der Waals surface area contributed by atoms with E-state index in [9.17, 15) is 8.42 Å². The van der Waals surface area contributed by atoms with Crippen LogP contribution in [0.3, 0.4) is 0 Å². The summed E-state index contributed by atoms with van der Waals surface area (Å²) in [5, 5.41) is 0.270. The molecule has 0 radical (unpaired) electrons.